The van der Waals surface area contributed by atoms with Crippen molar-refractivity contribution in [2.24, 2.45) is 0 Å². The van der Waals surface area contributed by atoms with Crippen molar-refractivity contribution in [2.75, 3.05) is 0 Å². The Labute approximate surface area is 102 Å². The van der Waals surface area contributed by atoms with Crippen LogP contribution in [0.3, 0.4) is 0 Å². The zero-order valence-corrected chi connectivity index (χ0v) is 10.6. The monoisotopic (exact) mass is 233 g/mol. The third-order valence-electron chi connectivity index (χ3n) is 2.64. The summed E-state index contributed by atoms with van der Waals surface area (Å²) in [5, 5.41) is 7.68. The van der Waals surface area contributed by atoms with Crippen LogP contribution in [0.15, 0.2) is 28.9 Å². The van der Waals surface area contributed by atoms with E-state index in [1.165, 1.54) is 5.56 Å². The Hall–Kier alpha value is -1.55. The Morgan fingerprint density at radius 3 is 2.82 bits per heavy atom. The van der Waals surface area contributed by atoms with Crippen molar-refractivity contribution < 1.29 is 4.42 Å². The van der Waals surface area contributed by atoms with Crippen molar-refractivity contribution >= 4 is 0 Å². The molecule has 0 saturated heterocycles. The van der Waals surface area contributed by atoms with Gasteiger partial charge in [0, 0.05) is 12.2 Å². The van der Waals surface area contributed by atoms with Crippen LogP contribution in [0, 0.1) is 13.8 Å². The number of aryl methyl sites for hydroxylation is 2. The first kappa shape index (κ1) is 11.9. The predicted molar refractivity (Wildman–Crippen MR) is 66.7 cm³/mol. The predicted octanol–water partition coefficient (Wildman–Crippen LogP) is 2.27. The fourth-order valence-corrected chi connectivity index (χ4v) is 1.77. The molecule has 0 radical (unpaired) electrons. The number of nitrogens with one attached hydrogen (secondary N) is 1. The first-order valence-electron chi connectivity index (χ1n) is 5.91. The molecule has 0 amide bonds. The van der Waals surface area contributed by atoms with Crippen LogP contribution in [0.1, 0.15) is 24.0 Å². The van der Waals surface area contributed by atoms with Crippen LogP contribution in [0.25, 0.3) is 0 Å². The minimum absolute atomic E-state index is 0.361. The van der Waals surface area contributed by atoms with Gasteiger partial charge in [0.15, 0.2) is 0 Å². The fourth-order valence-electron chi connectivity index (χ4n) is 1.77. The molecule has 0 aromatic carbocycles. The highest BCUT2D eigenvalue weighted by atomic mass is 16.3. The molecule has 0 bridgehead atoms. The minimum Gasteiger partial charge on any atom is -0.465 e. The van der Waals surface area contributed by atoms with Crippen molar-refractivity contribution in [3.05, 3.63) is 41.6 Å². The van der Waals surface area contributed by atoms with E-state index in [-0.39, 0.29) is 0 Å². The standard InChI is InChI=1S/C13H19N3O/c1-10-6-15-16(8-10)9-11(2)14-7-13-5-4-12(3)17-13/h4-6,8,11,14H,7,9H2,1-3H3/t11-/m1/s1. The highest BCUT2D eigenvalue weighted by Crippen LogP contribution is 2.06. The molecule has 0 aliphatic heterocycles. The molecule has 2 aromatic rings. The van der Waals surface area contributed by atoms with Gasteiger partial charge in [-0.2, -0.15) is 5.10 Å². The Morgan fingerprint density at radius 2 is 2.24 bits per heavy atom. The second-order valence-electron chi connectivity index (χ2n) is 4.53. The van der Waals surface area contributed by atoms with E-state index < -0.39 is 0 Å². The van der Waals surface area contributed by atoms with E-state index in [0.29, 0.717) is 6.04 Å². The van der Waals surface area contributed by atoms with E-state index in [4.69, 9.17) is 4.42 Å². The average Bonchev–Trinajstić information content (AvgIpc) is 2.85. The van der Waals surface area contributed by atoms with E-state index in [1.807, 2.05) is 36.9 Å². The lowest BCUT2D eigenvalue weighted by Crippen LogP contribution is -2.30. The molecule has 0 saturated carbocycles. The molecule has 1 N–H and O–H groups in total. The van der Waals surface area contributed by atoms with Gasteiger partial charge >= 0.3 is 0 Å². The summed E-state index contributed by atoms with van der Waals surface area (Å²) < 4.78 is 7.46. The van der Waals surface area contributed by atoms with Crippen LogP contribution >= 0.6 is 0 Å². The van der Waals surface area contributed by atoms with E-state index in [2.05, 4.69) is 23.5 Å². The van der Waals surface area contributed by atoms with Gasteiger partial charge in [0.05, 0.1) is 19.3 Å². The molecule has 1 atom stereocenters. The summed E-state index contributed by atoms with van der Waals surface area (Å²) in [7, 11) is 0. The second kappa shape index (κ2) is 5.19. The summed E-state index contributed by atoms with van der Waals surface area (Å²) in [4.78, 5) is 0. The first-order valence-corrected chi connectivity index (χ1v) is 5.91. The fraction of sp³-hybridized carbons (Fsp3) is 0.462. The molecule has 0 spiro atoms. The maximum atomic E-state index is 5.50. The summed E-state index contributed by atoms with van der Waals surface area (Å²) in [6.07, 6.45) is 3.93. The molecule has 0 unspecified atom stereocenters. The molecule has 0 aliphatic rings. The molecular formula is C13H19N3O. The number of hydrogen-bond donors (Lipinski definition) is 1. The smallest absolute Gasteiger partial charge is 0.117 e. The zero-order chi connectivity index (χ0) is 12.3. The van der Waals surface area contributed by atoms with Gasteiger partial charge in [0.25, 0.3) is 0 Å². The number of hydrogen-bond acceptors (Lipinski definition) is 3. The molecular weight excluding hydrogens is 214 g/mol. The molecule has 4 nitrogen and oxygen atoms in total. The summed E-state index contributed by atoms with van der Waals surface area (Å²) >= 11 is 0. The highest BCUT2D eigenvalue weighted by molar-refractivity contribution is 5.05. The van der Waals surface area contributed by atoms with Crippen molar-refractivity contribution in [2.45, 2.75) is 39.9 Å². The van der Waals surface area contributed by atoms with Gasteiger partial charge in [-0.05, 0) is 38.5 Å². The maximum Gasteiger partial charge on any atom is 0.117 e. The molecule has 2 heterocycles. The van der Waals surface area contributed by atoms with Crippen LogP contribution < -0.4 is 5.32 Å². The zero-order valence-electron chi connectivity index (χ0n) is 10.6. The van der Waals surface area contributed by atoms with Gasteiger partial charge in [0.2, 0.25) is 0 Å². The summed E-state index contributed by atoms with van der Waals surface area (Å²) in [6, 6.07) is 4.35. The molecule has 4 heteroatoms. The lowest BCUT2D eigenvalue weighted by molar-refractivity contribution is 0.408. The van der Waals surface area contributed by atoms with Gasteiger partial charge in [-0.1, -0.05) is 0 Å². The Bertz CT molecular complexity index is 472. The topological polar surface area (TPSA) is 43.0 Å². The third kappa shape index (κ3) is 3.46. The minimum atomic E-state index is 0.361. The van der Waals surface area contributed by atoms with Gasteiger partial charge in [-0.15, -0.1) is 0 Å². The van der Waals surface area contributed by atoms with Crippen LogP contribution in [0.2, 0.25) is 0 Å². The van der Waals surface area contributed by atoms with Crippen molar-refractivity contribution in [3.8, 4) is 0 Å². The summed E-state index contributed by atoms with van der Waals surface area (Å²) in [5.74, 6) is 1.93. The van der Waals surface area contributed by atoms with Crippen LogP contribution in [-0.4, -0.2) is 15.8 Å². The Morgan fingerprint density at radius 1 is 1.41 bits per heavy atom. The van der Waals surface area contributed by atoms with Gasteiger partial charge in [-0.3, -0.25) is 4.68 Å². The quantitative estimate of drug-likeness (QED) is 0.861. The second-order valence-corrected chi connectivity index (χ2v) is 4.53. The van der Waals surface area contributed by atoms with Gasteiger partial charge in [0.1, 0.15) is 11.5 Å². The normalized spacial score (nSPS) is 12.9. The van der Waals surface area contributed by atoms with Crippen molar-refractivity contribution in [1.82, 2.24) is 15.1 Å². The highest BCUT2D eigenvalue weighted by Gasteiger charge is 2.05. The lowest BCUT2D eigenvalue weighted by Gasteiger charge is -2.12. The number of nitrogens with zero attached hydrogens (tertiary/aromatic N) is 2. The number of aromatic nitrogens is 2. The first-order chi connectivity index (χ1) is 8.13. The largest absolute Gasteiger partial charge is 0.465 e. The van der Waals surface area contributed by atoms with E-state index in [1.54, 1.807) is 0 Å². The van der Waals surface area contributed by atoms with E-state index in [0.717, 1.165) is 24.6 Å². The molecule has 0 fully saturated rings. The van der Waals surface area contributed by atoms with Gasteiger partial charge in [-0.25, -0.2) is 0 Å². The number of furan rings is 1. The molecule has 0 aliphatic carbocycles. The van der Waals surface area contributed by atoms with Gasteiger partial charge < -0.3 is 9.73 Å². The van der Waals surface area contributed by atoms with E-state index in [9.17, 15) is 0 Å². The molecule has 2 aromatic heterocycles. The van der Waals surface area contributed by atoms with E-state index >= 15 is 0 Å². The SMILES string of the molecule is Cc1cnn(C[C@@H](C)NCc2ccc(C)o2)c1. The average molecular weight is 233 g/mol. The summed E-state index contributed by atoms with van der Waals surface area (Å²) in [5.41, 5.74) is 1.19. The van der Waals surface area contributed by atoms with Crippen molar-refractivity contribution in [1.29, 1.82) is 0 Å². The van der Waals surface area contributed by atoms with Crippen LogP contribution in [0.5, 0.6) is 0 Å². The van der Waals surface area contributed by atoms with Crippen LogP contribution in [0.4, 0.5) is 0 Å². The van der Waals surface area contributed by atoms with Crippen molar-refractivity contribution in [3.63, 3.8) is 0 Å². The maximum absolute atomic E-state index is 5.50. The third-order valence-corrected chi connectivity index (χ3v) is 2.64. The number of rotatable bonds is 5. The molecule has 2 rings (SSSR count). The lowest BCUT2D eigenvalue weighted by atomic mass is 10.3. The van der Waals surface area contributed by atoms with Crippen LogP contribution in [-0.2, 0) is 13.1 Å². The molecule has 17 heavy (non-hydrogen) atoms. The Balaban J connectivity index is 1.79. The summed E-state index contributed by atoms with van der Waals surface area (Å²) in [6.45, 7) is 7.78. The molecule has 92 valence electrons. The Kier molecular flexibility index (Phi) is 3.64.